The first-order chi connectivity index (χ1) is 11.7. The second kappa shape index (κ2) is 8.19. The summed E-state index contributed by atoms with van der Waals surface area (Å²) in [6.45, 7) is 3.38. The van der Waals surface area contributed by atoms with Crippen LogP contribution in [0, 0.1) is 6.92 Å². The molecule has 1 N–H and O–H groups in total. The summed E-state index contributed by atoms with van der Waals surface area (Å²) in [5.74, 6) is -0.498. The number of nitrogens with zero attached hydrogens (tertiary/aromatic N) is 1. The van der Waals surface area contributed by atoms with E-state index in [2.05, 4.69) is 5.32 Å². The van der Waals surface area contributed by atoms with E-state index in [4.69, 9.17) is 23.2 Å². The molecule has 0 radical (unpaired) electrons. The number of halogens is 2. The number of likely N-dealkylation sites (N-methyl/N-ethyl adjacent to an activating group) is 1. The normalized spacial score (nSPS) is 11.6. The molecule has 8 heteroatoms. The van der Waals surface area contributed by atoms with Gasteiger partial charge in [0.2, 0.25) is 15.9 Å². The number of sulfonamides is 1. The first kappa shape index (κ1) is 19.7. The van der Waals surface area contributed by atoms with E-state index < -0.39 is 15.9 Å². The van der Waals surface area contributed by atoms with Gasteiger partial charge in [0.1, 0.15) is 0 Å². The van der Waals surface area contributed by atoms with Crippen LogP contribution in [0.4, 0.5) is 5.69 Å². The standard InChI is InChI=1S/C17H18Cl2N2O3S/c1-3-21(25(23,24)14-7-4-12(2)5-8-14)11-17(22)20-16-10-13(18)6-9-15(16)19/h4-10H,3,11H2,1-2H3,(H,20,22). The average Bonchev–Trinajstić information content (AvgIpc) is 2.56. The number of nitrogens with one attached hydrogen (secondary N) is 1. The van der Waals surface area contributed by atoms with Gasteiger partial charge < -0.3 is 5.32 Å². The predicted octanol–water partition coefficient (Wildman–Crippen LogP) is 3.95. The highest BCUT2D eigenvalue weighted by Crippen LogP contribution is 2.25. The molecule has 134 valence electrons. The minimum Gasteiger partial charge on any atom is -0.324 e. The van der Waals surface area contributed by atoms with Crippen molar-refractivity contribution in [1.29, 1.82) is 0 Å². The summed E-state index contributed by atoms with van der Waals surface area (Å²) in [5, 5.41) is 3.32. The van der Waals surface area contributed by atoms with Crippen molar-refractivity contribution in [1.82, 2.24) is 4.31 Å². The highest BCUT2D eigenvalue weighted by Gasteiger charge is 2.25. The molecule has 0 aromatic heterocycles. The maximum atomic E-state index is 12.7. The van der Waals surface area contributed by atoms with E-state index in [1.165, 1.54) is 18.2 Å². The summed E-state index contributed by atoms with van der Waals surface area (Å²) in [5.41, 5.74) is 1.29. The molecule has 0 bridgehead atoms. The molecule has 0 aliphatic carbocycles. The van der Waals surface area contributed by atoms with Crippen molar-refractivity contribution < 1.29 is 13.2 Å². The molecule has 0 saturated heterocycles. The van der Waals surface area contributed by atoms with Crippen molar-refractivity contribution in [2.45, 2.75) is 18.7 Å². The fourth-order valence-corrected chi connectivity index (χ4v) is 3.91. The fraction of sp³-hybridized carbons (Fsp3) is 0.235. The fourth-order valence-electron chi connectivity index (χ4n) is 2.17. The maximum Gasteiger partial charge on any atom is 0.243 e. The number of rotatable bonds is 6. The third kappa shape index (κ3) is 4.95. The summed E-state index contributed by atoms with van der Waals surface area (Å²) in [6.07, 6.45) is 0. The monoisotopic (exact) mass is 400 g/mol. The van der Waals surface area contributed by atoms with Gasteiger partial charge in [0.15, 0.2) is 0 Å². The Hall–Kier alpha value is -1.60. The van der Waals surface area contributed by atoms with E-state index in [0.29, 0.717) is 15.7 Å². The van der Waals surface area contributed by atoms with Gasteiger partial charge in [0, 0.05) is 11.6 Å². The lowest BCUT2D eigenvalue weighted by Crippen LogP contribution is -2.37. The smallest absolute Gasteiger partial charge is 0.243 e. The first-order valence-corrected chi connectivity index (χ1v) is 9.75. The average molecular weight is 401 g/mol. The molecule has 0 fully saturated rings. The van der Waals surface area contributed by atoms with E-state index in [9.17, 15) is 13.2 Å². The van der Waals surface area contributed by atoms with Crippen LogP contribution in [0.3, 0.4) is 0 Å². The number of carbonyl (C=O) groups is 1. The van der Waals surface area contributed by atoms with Crippen molar-refractivity contribution in [2.75, 3.05) is 18.4 Å². The number of carbonyl (C=O) groups excluding carboxylic acids is 1. The zero-order valence-electron chi connectivity index (χ0n) is 13.8. The Labute approximate surface area is 157 Å². The lowest BCUT2D eigenvalue weighted by atomic mass is 10.2. The molecule has 2 aromatic carbocycles. The van der Waals surface area contributed by atoms with Crippen LogP contribution in [0.2, 0.25) is 10.0 Å². The first-order valence-electron chi connectivity index (χ1n) is 7.55. The van der Waals surface area contributed by atoms with Gasteiger partial charge in [-0.05, 0) is 37.3 Å². The minimum atomic E-state index is -3.76. The highest BCUT2D eigenvalue weighted by molar-refractivity contribution is 7.89. The summed E-state index contributed by atoms with van der Waals surface area (Å²) < 4.78 is 26.5. The van der Waals surface area contributed by atoms with Crippen LogP contribution in [0.1, 0.15) is 12.5 Å². The van der Waals surface area contributed by atoms with Crippen molar-refractivity contribution in [3.05, 3.63) is 58.1 Å². The van der Waals surface area contributed by atoms with Crippen LogP contribution < -0.4 is 5.32 Å². The number of aryl methyl sites for hydroxylation is 1. The molecule has 25 heavy (non-hydrogen) atoms. The molecule has 0 aliphatic heterocycles. The topological polar surface area (TPSA) is 66.5 Å². The molecule has 0 heterocycles. The minimum absolute atomic E-state index is 0.147. The molecular formula is C17H18Cl2N2O3S. The third-order valence-corrected chi connectivity index (χ3v) is 6.03. The summed E-state index contributed by atoms with van der Waals surface area (Å²) in [4.78, 5) is 12.4. The Morgan fingerprint density at radius 3 is 2.36 bits per heavy atom. The Kier molecular flexibility index (Phi) is 6.46. The zero-order valence-corrected chi connectivity index (χ0v) is 16.1. The van der Waals surface area contributed by atoms with Gasteiger partial charge in [-0.25, -0.2) is 8.42 Å². The summed E-state index contributed by atoms with van der Waals surface area (Å²) in [6, 6.07) is 11.1. The van der Waals surface area contributed by atoms with Crippen LogP contribution in [0.25, 0.3) is 0 Å². The number of hydrogen-bond donors (Lipinski definition) is 1. The SMILES string of the molecule is CCN(CC(=O)Nc1cc(Cl)ccc1Cl)S(=O)(=O)c1ccc(C)cc1. The van der Waals surface area contributed by atoms with Gasteiger partial charge in [-0.3, -0.25) is 4.79 Å². The lowest BCUT2D eigenvalue weighted by Gasteiger charge is -2.20. The van der Waals surface area contributed by atoms with E-state index >= 15 is 0 Å². The highest BCUT2D eigenvalue weighted by atomic mass is 35.5. The maximum absolute atomic E-state index is 12.7. The Bertz CT molecular complexity index is 868. The van der Waals surface area contributed by atoms with E-state index in [1.807, 2.05) is 6.92 Å². The molecule has 2 aromatic rings. The molecule has 1 amide bonds. The molecule has 0 atom stereocenters. The molecule has 0 unspecified atom stereocenters. The van der Waals surface area contributed by atoms with Crippen LogP contribution in [-0.2, 0) is 14.8 Å². The quantitative estimate of drug-likeness (QED) is 0.797. The molecule has 0 aliphatic rings. The van der Waals surface area contributed by atoms with E-state index in [1.54, 1.807) is 31.2 Å². The van der Waals surface area contributed by atoms with Gasteiger partial charge in [0.25, 0.3) is 0 Å². The van der Waals surface area contributed by atoms with Crippen molar-refractivity contribution in [3.8, 4) is 0 Å². The third-order valence-electron chi connectivity index (χ3n) is 3.53. The lowest BCUT2D eigenvalue weighted by molar-refractivity contribution is -0.116. The largest absolute Gasteiger partial charge is 0.324 e. The molecule has 2 rings (SSSR count). The van der Waals surface area contributed by atoms with Crippen molar-refractivity contribution in [3.63, 3.8) is 0 Å². The Morgan fingerprint density at radius 1 is 1.12 bits per heavy atom. The summed E-state index contributed by atoms with van der Waals surface area (Å²) in [7, 11) is -3.76. The van der Waals surface area contributed by atoms with Crippen LogP contribution in [0.15, 0.2) is 47.4 Å². The Morgan fingerprint density at radius 2 is 1.76 bits per heavy atom. The predicted molar refractivity (Wildman–Crippen MR) is 101 cm³/mol. The van der Waals surface area contributed by atoms with Crippen molar-refractivity contribution >= 4 is 44.8 Å². The molecule has 5 nitrogen and oxygen atoms in total. The van der Waals surface area contributed by atoms with Gasteiger partial charge in [-0.15, -0.1) is 0 Å². The van der Waals surface area contributed by atoms with Crippen LogP contribution in [0.5, 0.6) is 0 Å². The van der Waals surface area contributed by atoms with Crippen LogP contribution >= 0.6 is 23.2 Å². The van der Waals surface area contributed by atoms with Crippen LogP contribution in [-0.4, -0.2) is 31.7 Å². The van der Waals surface area contributed by atoms with Gasteiger partial charge in [0.05, 0.1) is 22.2 Å². The second-order valence-corrected chi connectivity index (χ2v) is 8.20. The number of benzene rings is 2. The van der Waals surface area contributed by atoms with E-state index in [0.717, 1.165) is 9.87 Å². The Balaban J connectivity index is 2.16. The molecular weight excluding hydrogens is 383 g/mol. The van der Waals surface area contributed by atoms with Gasteiger partial charge >= 0.3 is 0 Å². The number of hydrogen-bond acceptors (Lipinski definition) is 3. The number of amides is 1. The van der Waals surface area contributed by atoms with Crippen molar-refractivity contribution in [2.24, 2.45) is 0 Å². The summed E-state index contributed by atoms with van der Waals surface area (Å²) >= 11 is 11.9. The zero-order chi connectivity index (χ0) is 18.6. The molecule has 0 spiro atoms. The van der Waals surface area contributed by atoms with E-state index in [-0.39, 0.29) is 18.0 Å². The van der Waals surface area contributed by atoms with Gasteiger partial charge in [-0.1, -0.05) is 47.8 Å². The van der Waals surface area contributed by atoms with Gasteiger partial charge in [-0.2, -0.15) is 4.31 Å². The second-order valence-electron chi connectivity index (χ2n) is 5.42. The molecule has 0 saturated carbocycles. The number of anilines is 1.